The van der Waals surface area contributed by atoms with Crippen LogP contribution in [0.15, 0.2) is 128 Å². The van der Waals surface area contributed by atoms with Crippen LogP contribution in [0.3, 0.4) is 0 Å². The van der Waals surface area contributed by atoms with Crippen LogP contribution in [0.25, 0.3) is 11.0 Å². The molecule has 2 aromatic heterocycles. The summed E-state index contributed by atoms with van der Waals surface area (Å²) in [5.74, 6) is 0.381. The summed E-state index contributed by atoms with van der Waals surface area (Å²) < 4.78 is 29.4. The van der Waals surface area contributed by atoms with Crippen LogP contribution >= 0.6 is 0 Å². The molecule has 8 rings (SSSR count). The van der Waals surface area contributed by atoms with Gasteiger partial charge in [0.15, 0.2) is 14.1 Å². The molecule has 1 N–H and O–H groups in total. The molecule has 2 fully saturated rings. The number of benzene rings is 4. The predicted molar refractivity (Wildman–Crippen MR) is 233 cm³/mol. The summed E-state index contributed by atoms with van der Waals surface area (Å²) in [5.41, 5.74) is 7.24. The van der Waals surface area contributed by atoms with Gasteiger partial charge in [-0.25, -0.2) is 4.98 Å². The van der Waals surface area contributed by atoms with Crippen molar-refractivity contribution in [2.24, 2.45) is 0 Å². The van der Waals surface area contributed by atoms with Gasteiger partial charge in [-0.3, -0.25) is 0 Å². The summed E-state index contributed by atoms with van der Waals surface area (Å²) in [5, 5.41) is 4.04. The molecule has 2 saturated heterocycles. The molecule has 58 heavy (non-hydrogen) atoms. The topological polar surface area (TPSA) is 82.9 Å². The van der Waals surface area contributed by atoms with Gasteiger partial charge in [-0.15, -0.1) is 0 Å². The number of anilines is 1. The molecule has 0 saturated carbocycles. The number of fused-ring (bicyclic) bond motifs is 2. The van der Waals surface area contributed by atoms with Crippen molar-refractivity contribution >= 4 is 25.3 Å². The summed E-state index contributed by atoms with van der Waals surface area (Å²) in [6.45, 7) is 18.2. The average Bonchev–Trinajstić information content (AvgIpc) is 3.84. The lowest BCUT2D eigenvalue weighted by Gasteiger charge is -2.37. The van der Waals surface area contributed by atoms with Crippen molar-refractivity contribution in [1.29, 1.82) is 0 Å². The fraction of sp³-hybridized carbons (Fsp3) is 0.375. The zero-order valence-electron chi connectivity index (χ0n) is 34.9. The fourth-order valence-electron chi connectivity index (χ4n) is 7.81. The van der Waals surface area contributed by atoms with E-state index in [4.69, 9.17) is 28.6 Å². The smallest absolute Gasteiger partial charge is 0.243 e. The Kier molecular flexibility index (Phi) is 11.3. The van der Waals surface area contributed by atoms with E-state index in [2.05, 4.69) is 140 Å². The van der Waals surface area contributed by atoms with E-state index >= 15 is 0 Å². The maximum atomic E-state index is 6.85. The number of hydrogen-bond donors (Lipinski definition) is 1. The number of nitrogens with one attached hydrogen (secondary N) is 1. The van der Waals surface area contributed by atoms with Crippen molar-refractivity contribution < 1.29 is 18.6 Å². The summed E-state index contributed by atoms with van der Waals surface area (Å²) in [6, 6.07) is 41.5. The van der Waals surface area contributed by atoms with Gasteiger partial charge in [0.05, 0.1) is 18.7 Å². The van der Waals surface area contributed by atoms with E-state index in [0.717, 1.165) is 22.2 Å². The van der Waals surface area contributed by atoms with E-state index < -0.39 is 14.1 Å². The highest BCUT2D eigenvalue weighted by Crippen LogP contribution is 2.45. The maximum absolute atomic E-state index is 6.85. The first-order chi connectivity index (χ1) is 27.8. The standard InChI is InChI=1S/C48H57N5O4Si/c1-47(2,3)58(6,7)55-33-39-43-44(57-48(4,5)56-43)41(49-39)38-31-52(28-34-20-12-8-13-21-34)42-40(38)50-46(51-45(42)54-32-37-26-18-11-19-27-37)53(29-35-22-14-9-15-23-35)30-36-24-16-10-17-25-36/h8-27,31,39,41,43-44,49H,28-30,32-33H2,1-7H3/t39-,41+,43-,44+/m1/s1. The minimum Gasteiger partial charge on any atom is -0.471 e. The molecular weight excluding hydrogens is 739 g/mol. The molecule has 4 aromatic carbocycles. The molecule has 4 heterocycles. The Bertz CT molecular complexity index is 2240. The molecule has 9 nitrogen and oxygen atoms in total. The summed E-state index contributed by atoms with van der Waals surface area (Å²) >= 11 is 0. The van der Waals surface area contributed by atoms with Gasteiger partial charge in [-0.1, -0.05) is 142 Å². The first-order valence-corrected chi connectivity index (χ1v) is 23.4. The first kappa shape index (κ1) is 40.0. The molecule has 2 aliphatic heterocycles. The van der Waals surface area contributed by atoms with Crippen molar-refractivity contribution in [3.63, 3.8) is 0 Å². The van der Waals surface area contributed by atoms with Gasteiger partial charge in [-0.2, -0.15) is 4.98 Å². The SMILES string of the molecule is CC1(C)O[C@@H]2[C@H](O1)[C@@H](CO[Si](C)(C)C(C)(C)C)N[C@H]2c1cn(Cc2ccccc2)c2c(OCc3ccccc3)nc(N(Cc3ccccc3)Cc3ccccc3)nc12. The second-order valence-electron chi connectivity index (χ2n) is 17.7. The van der Waals surface area contributed by atoms with Crippen LogP contribution < -0.4 is 15.0 Å². The third-order valence-corrected chi connectivity index (χ3v) is 16.4. The van der Waals surface area contributed by atoms with E-state index in [1.54, 1.807) is 0 Å². The lowest BCUT2D eigenvalue weighted by Crippen LogP contribution is -2.47. The monoisotopic (exact) mass is 795 g/mol. The Hall–Kier alpha value is -4.84. The highest BCUT2D eigenvalue weighted by Gasteiger charge is 2.55. The molecule has 0 amide bonds. The minimum atomic E-state index is -2.05. The first-order valence-electron chi connectivity index (χ1n) is 20.5. The van der Waals surface area contributed by atoms with Crippen molar-refractivity contribution in [3.05, 3.63) is 155 Å². The zero-order valence-corrected chi connectivity index (χ0v) is 35.9. The highest BCUT2D eigenvalue weighted by atomic mass is 28.4. The predicted octanol–water partition coefficient (Wildman–Crippen LogP) is 9.82. The Morgan fingerprint density at radius 3 is 1.84 bits per heavy atom. The van der Waals surface area contributed by atoms with E-state index in [-0.39, 0.29) is 29.3 Å². The molecule has 2 aliphatic rings. The molecule has 0 bridgehead atoms. The third kappa shape index (κ3) is 8.77. The molecule has 0 aliphatic carbocycles. The van der Waals surface area contributed by atoms with Crippen LogP contribution in [-0.2, 0) is 40.1 Å². The summed E-state index contributed by atoms with van der Waals surface area (Å²) in [7, 11) is -2.05. The maximum Gasteiger partial charge on any atom is 0.243 e. The third-order valence-electron chi connectivity index (χ3n) is 11.9. The quantitative estimate of drug-likeness (QED) is 0.109. The Morgan fingerprint density at radius 2 is 1.28 bits per heavy atom. The van der Waals surface area contributed by atoms with Gasteiger partial charge in [0.1, 0.15) is 29.8 Å². The lowest BCUT2D eigenvalue weighted by molar-refractivity contribution is -0.157. The molecule has 0 unspecified atom stereocenters. The van der Waals surface area contributed by atoms with Gasteiger partial charge in [-0.05, 0) is 54.2 Å². The van der Waals surface area contributed by atoms with Crippen LogP contribution in [-0.4, -0.2) is 53.5 Å². The van der Waals surface area contributed by atoms with E-state index in [0.29, 0.717) is 44.7 Å². The molecule has 0 spiro atoms. The lowest BCUT2D eigenvalue weighted by atomic mass is 10.0. The fourth-order valence-corrected chi connectivity index (χ4v) is 8.84. The molecule has 0 radical (unpaired) electrons. The largest absolute Gasteiger partial charge is 0.471 e. The number of rotatable bonds is 14. The second-order valence-corrected chi connectivity index (χ2v) is 22.5. The van der Waals surface area contributed by atoms with E-state index in [9.17, 15) is 0 Å². The Balaban J connectivity index is 1.28. The van der Waals surface area contributed by atoms with Gasteiger partial charge in [0.25, 0.3) is 0 Å². The van der Waals surface area contributed by atoms with Crippen molar-refractivity contribution in [1.82, 2.24) is 19.9 Å². The van der Waals surface area contributed by atoms with Gasteiger partial charge in [0.2, 0.25) is 11.8 Å². The van der Waals surface area contributed by atoms with E-state index in [1.165, 1.54) is 16.7 Å². The molecule has 6 aromatic rings. The minimum absolute atomic E-state index is 0.0798. The molecule has 302 valence electrons. The zero-order chi connectivity index (χ0) is 40.5. The van der Waals surface area contributed by atoms with Crippen LogP contribution in [0, 0.1) is 0 Å². The van der Waals surface area contributed by atoms with Gasteiger partial charge < -0.3 is 33.4 Å². The van der Waals surface area contributed by atoms with E-state index in [1.807, 2.05) is 50.2 Å². The van der Waals surface area contributed by atoms with Gasteiger partial charge in [0, 0.05) is 31.4 Å². The van der Waals surface area contributed by atoms with Gasteiger partial charge >= 0.3 is 0 Å². The Morgan fingerprint density at radius 1 is 0.741 bits per heavy atom. The highest BCUT2D eigenvalue weighted by molar-refractivity contribution is 6.74. The van der Waals surface area contributed by atoms with Crippen molar-refractivity contribution in [2.45, 2.75) is 109 Å². The molecule has 10 heteroatoms. The summed E-state index contributed by atoms with van der Waals surface area (Å²) in [6.07, 6.45) is 1.75. The second kappa shape index (κ2) is 16.4. The van der Waals surface area contributed by atoms with Crippen LogP contribution in [0.5, 0.6) is 5.88 Å². The molecular formula is C48H57N5O4Si. The number of aromatic nitrogens is 3. The molecule has 4 atom stereocenters. The number of nitrogens with zero attached hydrogens (tertiary/aromatic N) is 4. The van der Waals surface area contributed by atoms with Crippen LogP contribution in [0.1, 0.15) is 68.5 Å². The van der Waals surface area contributed by atoms with Crippen molar-refractivity contribution in [3.8, 4) is 5.88 Å². The van der Waals surface area contributed by atoms with Crippen LogP contribution in [0.2, 0.25) is 18.1 Å². The summed E-state index contributed by atoms with van der Waals surface area (Å²) in [4.78, 5) is 13.1. The Labute approximate surface area is 344 Å². The average molecular weight is 796 g/mol. The van der Waals surface area contributed by atoms with Crippen molar-refractivity contribution in [2.75, 3.05) is 11.5 Å². The normalized spacial score (nSPS) is 20.3. The van der Waals surface area contributed by atoms with Crippen LogP contribution in [0.4, 0.5) is 5.95 Å². The number of hydrogen-bond acceptors (Lipinski definition) is 8. The number of ether oxygens (including phenoxy) is 3.